The van der Waals surface area contributed by atoms with Crippen LogP contribution in [0.2, 0.25) is 0 Å². The fourth-order valence-electron chi connectivity index (χ4n) is 4.16. The molecule has 4 rings (SSSR count). The topological polar surface area (TPSA) is 52.7 Å². The van der Waals surface area contributed by atoms with Gasteiger partial charge in [-0.3, -0.25) is 9.59 Å². The highest BCUT2D eigenvalue weighted by atomic mass is 32.1. The number of nitrogens with one attached hydrogen (secondary N) is 1. The van der Waals surface area contributed by atoms with Crippen LogP contribution in [0.15, 0.2) is 41.8 Å². The minimum absolute atomic E-state index is 0.0214. The number of benzene rings is 1. The number of thiophene rings is 1. The first-order valence-corrected chi connectivity index (χ1v) is 11.1. The number of hydrogen-bond acceptors (Lipinski definition) is 4. The second-order valence-electron chi connectivity index (χ2n) is 7.62. The van der Waals surface area contributed by atoms with Gasteiger partial charge in [-0.25, -0.2) is 0 Å². The quantitative estimate of drug-likeness (QED) is 0.840. The molecule has 0 bridgehead atoms. The van der Waals surface area contributed by atoms with Crippen molar-refractivity contribution in [2.75, 3.05) is 36.4 Å². The van der Waals surface area contributed by atoms with Gasteiger partial charge in [-0.15, -0.1) is 11.3 Å². The number of para-hydroxylation sites is 2. The third-order valence-corrected chi connectivity index (χ3v) is 6.53. The normalized spacial score (nSPS) is 20.1. The van der Waals surface area contributed by atoms with Crippen molar-refractivity contribution in [3.05, 3.63) is 46.7 Å². The molecule has 1 aromatic heterocycles. The summed E-state index contributed by atoms with van der Waals surface area (Å²) in [5.41, 5.74) is 1.99. The van der Waals surface area contributed by atoms with E-state index >= 15 is 0 Å². The Kier molecular flexibility index (Phi) is 5.95. The van der Waals surface area contributed by atoms with Crippen LogP contribution < -0.4 is 10.2 Å². The predicted octanol–water partition coefficient (Wildman–Crippen LogP) is 4.23. The van der Waals surface area contributed by atoms with E-state index in [-0.39, 0.29) is 17.7 Å². The van der Waals surface area contributed by atoms with Crippen LogP contribution in [-0.4, -0.2) is 42.9 Å². The Balaban J connectivity index is 1.43. The van der Waals surface area contributed by atoms with Crippen molar-refractivity contribution >= 4 is 34.5 Å². The average molecular weight is 398 g/mol. The molecule has 0 radical (unpaired) electrons. The summed E-state index contributed by atoms with van der Waals surface area (Å²) >= 11 is 1.46. The van der Waals surface area contributed by atoms with Gasteiger partial charge in [-0.2, -0.15) is 0 Å². The molecule has 2 fully saturated rings. The summed E-state index contributed by atoms with van der Waals surface area (Å²) in [5.74, 6) is -0.0959. The molecule has 1 N–H and O–H groups in total. The summed E-state index contributed by atoms with van der Waals surface area (Å²) in [6.45, 7) is 3.30. The van der Waals surface area contributed by atoms with Crippen LogP contribution in [0.1, 0.15) is 41.8 Å². The van der Waals surface area contributed by atoms with E-state index in [1.54, 1.807) is 0 Å². The number of carbonyl (C=O) groups excluding carboxylic acids is 2. The van der Waals surface area contributed by atoms with Gasteiger partial charge < -0.3 is 15.1 Å². The number of nitrogens with zero attached hydrogens (tertiary/aromatic N) is 2. The highest BCUT2D eigenvalue weighted by Crippen LogP contribution is 2.29. The van der Waals surface area contributed by atoms with Crippen molar-refractivity contribution in [1.82, 2.24) is 4.90 Å². The average Bonchev–Trinajstić information content (AvgIpc) is 3.29. The molecule has 6 heteroatoms. The molecule has 3 heterocycles. The number of likely N-dealkylation sites (tertiary alicyclic amines) is 1. The highest BCUT2D eigenvalue weighted by Gasteiger charge is 2.29. The van der Waals surface area contributed by atoms with Crippen LogP contribution in [0, 0.1) is 5.92 Å². The zero-order valence-electron chi connectivity index (χ0n) is 16.1. The molecule has 2 aromatic rings. The SMILES string of the molecule is O=C(Nc1ccccc1N1CCCCC1)C1CCCN(C(=O)c2cccs2)C1. The molecule has 1 aromatic carbocycles. The lowest BCUT2D eigenvalue weighted by atomic mass is 9.96. The van der Waals surface area contributed by atoms with E-state index in [1.165, 1.54) is 30.6 Å². The summed E-state index contributed by atoms with van der Waals surface area (Å²) in [5, 5.41) is 5.07. The molecular formula is C22H27N3O2S. The Labute approximate surface area is 170 Å². The fraction of sp³-hybridized carbons (Fsp3) is 0.455. The third-order valence-electron chi connectivity index (χ3n) is 5.67. The molecule has 0 aliphatic carbocycles. The Morgan fingerprint density at radius 3 is 2.57 bits per heavy atom. The van der Waals surface area contributed by atoms with Crippen molar-refractivity contribution in [3.63, 3.8) is 0 Å². The van der Waals surface area contributed by atoms with E-state index in [2.05, 4.69) is 16.3 Å². The van der Waals surface area contributed by atoms with E-state index in [0.29, 0.717) is 6.54 Å². The van der Waals surface area contributed by atoms with Gasteiger partial charge in [0.2, 0.25) is 5.91 Å². The minimum atomic E-state index is -0.160. The number of piperidine rings is 2. The highest BCUT2D eigenvalue weighted by molar-refractivity contribution is 7.12. The Morgan fingerprint density at radius 1 is 0.964 bits per heavy atom. The van der Waals surface area contributed by atoms with E-state index in [4.69, 9.17) is 0 Å². The van der Waals surface area contributed by atoms with E-state index in [0.717, 1.165) is 48.7 Å². The summed E-state index contributed by atoms with van der Waals surface area (Å²) in [6, 6.07) is 11.8. The zero-order valence-corrected chi connectivity index (χ0v) is 16.9. The number of carbonyl (C=O) groups is 2. The summed E-state index contributed by atoms with van der Waals surface area (Å²) in [6.07, 6.45) is 5.37. The maximum absolute atomic E-state index is 13.0. The summed E-state index contributed by atoms with van der Waals surface area (Å²) in [4.78, 5) is 30.6. The van der Waals surface area contributed by atoms with Gasteiger partial charge in [0, 0.05) is 26.2 Å². The lowest BCUT2D eigenvalue weighted by Crippen LogP contribution is -2.43. The number of rotatable bonds is 4. The first-order chi connectivity index (χ1) is 13.7. The molecule has 0 spiro atoms. The zero-order chi connectivity index (χ0) is 19.3. The summed E-state index contributed by atoms with van der Waals surface area (Å²) < 4.78 is 0. The molecule has 0 saturated carbocycles. The van der Waals surface area contributed by atoms with Crippen molar-refractivity contribution < 1.29 is 9.59 Å². The van der Waals surface area contributed by atoms with E-state index < -0.39 is 0 Å². The van der Waals surface area contributed by atoms with Crippen molar-refractivity contribution in [3.8, 4) is 0 Å². The second kappa shape index (κ2) is 8.78. The second-order valence-corrected chi connectivity index (χ2v) is 8.57. The van der Waals surface area contributed by atoms with Crippen LogP contribution in [-0.2, 0) is 4.79 Å². The maximum atomic E-state index is 13.0. The molecule has 148 valence electrons. The van der Waals surface area contributed by atoms with Gasteiger partial charge in [-0.1, -0.05) is 18.2 Å². The molecule has 2 aliphatic rings. The van der Waals surface area contributed by atoms with Gasteiger partial charge in [0.15, 0.2) is 0 Å². The molecule has 1 unspecified atom stereocenters. The first-order valence-electron chi connectivity index (χ1n) is 10.2. The fourth-order valence-corrected chi connectivity index (χ4v) is 4.85. The summed E-state index contributed by atoms with van der Waals surface area (Å²) in [7, 11) is 0. The van der Waals surface area contributed by atoms with Gasteiger partial charge in [0.1, 0.15) is 0 Å². The third kappa shape index (κ3) is 4.22. The molecule has 2 saturated heterocycles. The van der Waals surface area contributed by atoms with Gasteiger partial charge >= 0.3 is 0 Å². The predicted molar refractivity (Wildman–Crippen MR) is 114 cm³/mol. The van der Waals surface area contributed by atoms with Crippen LogP contribution in [0.4, 0.5) is 11.4 Å². The van der Waals surface area contributed by atoms with Crippen LogP contribution in [0.3, 0.4) is 0 Å². The molecule has 5 nitrogen and oxygen atoms in total. The number of hydrogen-bond donors (Lipinski definition) is 1. The molecule has 28 heavy (non-hydrogen) atoms. The number of anilines is 2. The maximum Gasteiger partial charge on any atom is 0.263 e. The molecule has 2 aliphatic heterocycles. The van der Waals surface area contributed by atoms with Crippen LogP contribution in [0.5, 0.6) is 0 Å². The minimum Gasteiger partial charge on any atom is -0.370 e. The number of amides is 2. The van der Waals surface area contributed by atoms with Crippen LogP contribution in [0.25, 0.3) is 0 Å². The van der Waals surface area contributed by atoms with Gasteiger partial charge in [-0.05, 0) is 55.7 Å². The first kappa shape index (κ1) is 19.0. The van der Waals surface area contributed by atoms with E-state index in [9.17, 15) is 9.59 Å². The van der Waals surface area contributed by atoms with Crippen molar-refractivity contribution in [2.24, 2.45) is 5.92 Å². The van der Waals surface area contributed by atoms with Crippen molar-refractivity contribution in [2.45, 2.75) is 32.1 Å². The monoisotopic (exact) mass is 397 g/mol. The molecular weight excluding hydrogens is 370 g/mol. The van der Waals surface area contributed by atoms with Gasteiger partial charge in [0.05, 0.1) is 22.2 Å². The lowest BCUT2D eigenvalue weighted by Gasteiger charge is -2.33. The van der Waals surface area contributed by atoms with Gasteiger partial charge in [0.25, 0.3) is 5.91 Å². The lowest BCUT2D eigenvalue weighted by molar-refractivity contribution is -0.121. The standard InChI is InChI=1S/C22H27N3O2S/c26-21(17-8-6-14-25(16-17)22(27)20-11-7-15-28-20)23-18-9-2-3-10-19(18)24-12-4-1-5-13-24/h2-3,7,9-11,15,17H,1,4-6,8,12-14,16H2,(H,23,26). The Hall–Kier alpha value is -2.34. The Bertz CT molecular complexity index is 815. The molecule has 2 amide bonds. The van der Waals surface area contributed by atoms with Crippen molar-refractivity contribution in [1.29, 1.82) is 0 Å². The van der Waals surface area contributed by atoms with Crippen LogP contribution >= 0.6 is 11.3 Å². The molecule has 1 atom stereocenters. The smallest absolute Gasteiger partial charge is 0.263 e. The Morgan fingerprint density at radius 2 is 1.79 bits per heavy atom. The van der Waals surface area contributed by atoms with E-state index in [1.807, 2.05) is 40.6 Å². The largest absolute Gasteiger partial charge is 0.370 e.